The maximum Gasteiger partial charge on any atom is 0.326 e. The highest BCUT2D eigenvalue weighted by Crippen LogP contribution is 2.19. The molecular weight excluding hydrogens is 270 g/mol. The van der Waals surface area contributed by atoms with Gasteiger partial charge in [-0.3, -0.25) is 4.79 Å². The fourth-order valence-electron chi connectivity index (χ4n) is 1.13. The van der Waals surface area contributed by atoms with Crippen molar-refractivity contribution in [2.45, 2.75) is 6.04 Å². The number of aliphatic carboxylic acids is 1. The van der Waals surface area contributed by atoms with Crippen molar-refractivity contribution in [1.82, 2.24) is 15.2 Å². The van der Waals surface area contributed by atoms with E-state index in [1.165, 1.54) is 16.2 Å². The molecular formula is C10H17N5O3S. The van der Waals surface area contributed by atoms with Crippen LogP contribution >= 0.6 is 11.3 Å². The number of nitrogens with zero attached hydrogens (tertiary/aromatic N) is 2. The van der Waals surface area contributed by atoms with Crippen LogP contribution in [0.2, 0.25) is 0 Å². The van der Waals surface area contributed by atoms with Gasteiger partial charge in [-0.2, -0.15) is 0 Å². The summed E-state index contributed by atoms with van der Waals surface area (Å²) in [6.07, 6.45) is 0. The van der Waals surface area contributed by atoms with Crippen LogP contribution in [-0.2, 0) is 4.79 Å². The fourth-order valence-corrected chi connectivity index (χ4v) is 1.91. The van der Waals surface area contributed by atoms with Crippen molar-refractivity contribution in [2.24, 2.45) is 5.73 Å². The molecule has 106 valence electrons. The number of nitrogens with one attached hydrogen (secondary N) is 2. The predicted molar refractivity (Wildman–Crippen MR) is 72.3 cm³/mol. The van der Waals surface area contributed by atoms with E-state index in [0.717, 1.165) is 0 Å². The molecule has 9 heteroatoms. The van der Waals surface area contributed by atoms with Crippen LogP contribution in [0.1, 0.15) is 11.7 Å². The van der Waals surface area contributed by atoms with Gasteiger partial charge in [0.1, 0.15) is 6.04 Å². The molecule has 1 aromatic heterocycles. The molecule has 5 N–H and O–H groups in total. The van der Waals surface area contributed by atoms with Gasteiger partial charge in [-0.1, -0.05) is 0 Å². The van der Waals surface area contributed by atoms with Gasteiger partial charge >= 0.3 is 12.0 Å². The molecule has 19 heavy (non-hydrogen) atoms. The van der Waals surface area contributed by atoms with Gasteiger partial charge in [-0.05, 0) is 0 Å². The number of carboxylic acid groups (broad SMARTS) is 1. The number of carboxylic acids is 1. The van der Waals surface area contributed by atoms with Crippen molar-refractivity contribution in [3.63, 3.8) is 0 Å². The van der Waals surface area contributed by atoms with E-state index in [1.807, 2.05) is 0 Å². The minimum absolute atomic E-state index is 0.172. The Morgan fingerprint density at radius 1 is 1.53 bits per heavy atom. The van der Waals surface area contributed by atoms with Crippen molar-refractivity contribution < 1.29 is 14.7 Å². The van der Waals surface area contributed by atoms with Crippen LogP contribution in [0.15, 0.2) is 5.38 Å². The van der Waals surface area contributed by atoms with Gasteiger partial charge in [0.05, 0.1) is 5.69 Å². The third-order valence-corrected chi connectivity index (χ3v) is 3.01. The molecule has 8 nitrogen and oxygen atoms in total. The van der Waals surface area contributed by atoms with E-state index in [0.29, 0.717) is 23.9 Å². The van der Waals surface area contributed by atoms with Crippen LogP contribution in [-0.4, -0.2) is 54.2 Å². The standard InChI is InChI=1S/C10H17N5O3S/c1-15(2)10(18)13-4-3-12-9-14-6(5-19-9)7(11)8(16)17/h5,7H,3-4,11H2,1-2H3,(H,12,14)(H,13,18)(H,16,17). The zero-order valence-electron chi connectivity index (χ0n) is 10.7. The lowest BCUT2D eigenvalue weighted by Crippen LogP contribution is -2.37. The number of anilines is 1. The molecule has 1 unspecified atom stereocenters. The number of carbonyl (C=O) groups excluding carboxylic acids is 1. The lowest BCUT2D eigenvalue weighted by molar-refractivity contribution is -0.138. The topological polar surface area (TPSA) is 121 Å². The molecule has 0 saturated carbocycles. The van der Waals surface area contributed by atoms with Gasteiger partial charge in [-0.15, -0.1) is 11.3 Å². The molecule has 0 radical (unpaired) electrons. The molecule has 0 fully saturated rings. The van der Waals surface area contributed by atoms with Crippen molar-refractivity contribution in [1.29, 1.82) is 0 Å². The molecule has 0 saturated heterocycles. The SMILES string of the molecule is CN(C)C(=O)NCCNc1nc(C(N)C(=O)O)cs1. The molecule has 1 heterocycles. The molecule has 0 bridgehead atoms. The number of carbonyl (C=O) groups is 2. The highest BCUT2D eigenvalue weighted by molar-refractivity contribution is 7.13. The first kappa shape index (κ1) is 15.2. The monoisotopic (exact) mass is 287 g/mol. The zero-order chi connectivity index (χ0) is 14.4. The number of thiazole rings is 1. The Hall–Kier alpha value is -1.87. The molecule has 0 aliphatic rings. The maximum atomic E-state index is 11.2. The van der Waals surface area contributed by atoms with Crippen molar-refractivity contribution >= 4 is 28.5 Å². The van der Waals surface area contributed by atoms with E-state index >= 15 is 0 Å². The molecule has 1 aromatic rings. The van der Waals surface area contributed by atoms with Crippen molar-refractivity contribution in [2.75, 3.05) is 32.5 Å². The third kappa shape index (κ3) is 4.72. The number of urea groups is 1. The summed E-state index contributed by atoms with van der Waals surface area (Å²) in [4.78, 5) is 27.4. The van der Waals surface area contributed by atoms with Crippen molar-refractivity contribution in [3.05, 3.63) is 11.1 Å². The second-order valence-corrected chi connectivity index (χ2v) is 4.80. The Labute approximate surface area is 114 Å². The van der Waals surface area contributed by atoms with Crippen LogP contribution in [0.5, 0.6) is 0 Å². The van der Waals surface area contributed by atoms with E-state index in [-0.39, 0.29) is 6.03 Å². The Bertz CT molecular complexity index is 448. The average Bonchev–Trinajstić information content (AvgIpc) is 2.81. The number of amides is 2. The largest absolute Gasteiger partial charge is 0.480 e. The van der Waals surface area contributed by atoms with Gasteiger partial charge in [0.15, 0.2) is 5.13 Å². The number of hydrogen-bond acceptors (Lipinski definition) is 6. The second-order valence-electron chi connectivity index (χ2n) is 3.95. The van der Waals surface area contributed by atoms with Gasteiger partial charge in [0.25, 0.3) is 0 Å². The minimum atomic E-state index is -1.12. The van der Waals surface area contributed by atoms with Crippen LogP contribution in [0.3, 0.4) is 0 Å². The van der Waals surface area contributed by atoms with E-state index in [9.17, 15) is 9.59 Å². The maximum absolute atomic E-state index is 11.2. The molecule has 0 aromatic carbocycles. The van der Waals surface area contributed by atoms with E-state index in [1.54, 1.807) is 19.5 Å². The van der Waals surface area contributed by atoms with Crippen LogP contribution in [0, 0.1) is 0 Å². The summed E-state index contributed by atoms with van der Waals surface area (Å²) in [5.41, 5.74) is 5.75. The van der Waals surface area contributed by atoms with E-state index in [2.05, 4.69) is 15.6 Å². The van der Waals surface area contributed by atoms with E-state index < -0.39 is 12.0 Å². The molecule has 0 spiro atoms. The van der Waals surface area contributed by atoms with Gasteiger partial charge < -0.3 is 26.4 Å². The van der Waals surface area contributed by atoms with Crippen LogP contribution in [0.25, 0.3) is 0 Å². The second kappa shape index (κ2) is 6.90. The van der Waals surface area contributed by atoms with Gasteiger partial charge in [0.2, 0.25) is 0 Å². The van der Waals surface area contributed by atoms with Crippen LogP contribution < -0.4 is 16.4 Å². The fraction of sp³-hybridized carbons (Fsp3) is 0.500. The minimum Gasteiger partial charge on any atom is -0.480 e. The lowest BCUT2D eigenvalue weighted by atomic mass is 10.2. The molecule has 2 amide bonds. The first-order chi connectivity index (χ1) is 8.91. The first-order valence-corrected chi connectivity index (χ1v) is 6.42. The predicted octanol–water partition coefficient (Wildman–Crippen LogP) is -0.0894. The Morgan fingerprint density at radius 3 is 2.79 bits per heavy atom. The number of rotatable bonds is 6. The summed E-state index contributed by atoms with van der Waals surface area (Å²) >= 11 is 1.27. The van der Waals surface area contributed by atoms with Crippen LogP contribution in [0.4, 0.5) is 9.93 Å². The smallest absolute Gasteiger partial charge is 0.326 e. The quantitative estimate of drug-likeness (QED) is 0.543. The summed E-state index contributed by atoms with van der Waals surface area (Å²) < 4.78 is 0. The Balaban J connectivity index is 2.35. The summed E-state index contributed by atoms with van der Waals surface area (Å²) in [6, 6.07) is -1.28. The third-order valence-electron chi connectivity index (χ3n) is 2.19. The molecule has 0 aliphatic heterocycles. The first-order valence-electron chi connectivity index (χ1n) is 5.54. The number of hydrogen-bond donors (Lipinski definition) is 4. The Kier molecular flexibility index (Phi) is 5.52. The van der Waals surface area contributed by atoms with E-state index in [4.69, 9.17) is 10.8 Å². The average molecular weight is 287 g/mol. The Morgan fingerprint density at radius 2 is 2.21 bits per heavy atom. The molecule has 1 rings (SSSR count). The summed E-state index contributed by atoms with van der Waals surface area (Å²) in [6.45, 7) is 0.936. The highest BCUT2D eigenvalue weighted by Gasteiger charge is 2.17. The zero-order valence-corrected chi connectivity index (χ0v) is 11.5. The summed E-state index contributed by atoms with van der Waals surface area (Å²) in [5, 5.41) is 16.6. The highest BCUT2D eigenvalue weighted by atomic mass is 32.1. The van der Waals surface area contributed by atoms with Gasteiger partial charge in [-0.25, -0.2) is 9.78 Å². The summed E-state index contributed by atoms with van der Waals surface area (Å²) in [7, 11) is 3.31. The number of nitrogens with two attached hydrogens (primary N) is 1. The van der Waals surface area contributed by atoms with Crippen molar-refractivity contribution in [3.8, 4) is 0 Å². The van der Waals surface area contributed by atoms with Gasteiger partial charge in [0, 0.05) is 32.6 Å². The molecule has 1 atom stereocenters. The lowest BCUT2D eigenvalue weighted by Gasteiger charge is -2.11. The normalized spacial score (nSPS) is 11.7. The summed E-state index contributed by atoms with van der Waals surface area (Å²) in [5.74, 6) is -1.12. The molecule has 0 aliphatic carbocycles. The number of aromatic nitrogens is 1.